The molecule has 1 aromatic heterocycles. The predicted molar refractivity (Wildman–Crippen MR) is 112 cm³/mol. The second-order valence-corrected chi connectivity index (χ2v) is 6.37. The van der Waals surface area contributed by atoms with Gasteiger partial charge < -0.3 is 15.0 Å². The summed E-state index contributed by atoms with van der Waals surface area (Å²) in [5.41, 5.74) is 3.24. The van der Waals surface area contributed by atoms with Gasteiger partial charge in [-0.1, -0.05) is 18.2 Å². The van der Waals surface area contributed by atoms with E-state index >= 15 is 0 Å². The van der Waals surface area contributed by atoms with Gasteiger partial charge in [-0.05, 0) is 49.7 Å². The number of amides is 1. The summed E-state index contributed by atoms with van der Waals surface area (Å²) in [5.74, 6) is -0.177. The van der Waals surface area contributed by atoms with E-state index in [0.717, 1.165) is 11.3 Å². The highest BCUT2D eigenvalue weighted by atomic mass is 16.5. The normalized spacial score (nSPS) is 10.3. The summed E-state index contributed by atoms with van der Waals surface area (Å²) < 4.78 is 4.72. The molecule has 1 amide bonds. The first-order valence-corrected chi connectivity index (χ1v) is 9.17. The molecule has 0 unspecified atom stereocenters. The van der Waals surface area contributed by atoms with Gasteiger partial charge in [0.2, 0.25) is 0 Å². The van der Waals surface area contributed by atoms with E-state index in [1.165, 1.54) is 19.5 Å². The average molecular weight is 390 g/mol. The number of nitrogens with one attached hydrogen (secondary N) is 1. The van der Waals surface area contributed by atoms with Crippen molar-refractivity contribution in [1.29, 1.82) is 0 Å². The molecule has 29 heavy (non-hydrogen) atoms. The van der Waals surface area contributed by atoms with Crippen LogP contribution in [0.2, 0.25) is 0 Å². The van der Waals surface area contributed by atoms with Gasteiger partial charge in [0.15, 0.2) is 0 Å². The van der Waals surface area contributed by atoms with Crippen molar-refractivity contribution >= 4 is 29.1 Å². The Morgan fingerprint density at radius 2 is 1.86 bits per heavy atom. The lowest BCUT2D eigenvalue weighted by Crippen LogP contribution is -2.31. The standard InChI is InChI=1S/C22H22N4O3/c1-4-26(18-10-5-7-15(2)11-18)21(27)19-13-24-20(14-23-19)25-17-9-6-8-16(12-17)22(28)29-3/h5-14H,4H2,1-3H3,(H,24,25). The van der Waals surface area contributed by atoms with Crippen LogP contribution in [-0.4, -0.2) is 35.5 Å². The Kier molecular flexibility index (Phi) is 6.19. The van der Waals surface area contributed by atoms with Crippen molar-refractivity contribution in [3.05, 3.63) is 77.7 Å². The van der Waals surface area contributed by atoms with Gasteiger partial charge in [0.1, 0.15) is 11.5 Å². The van der Waals surface area contributed by atoms with Crippen LogP contribution in [0, 0.1) is 6.92 Å². The predicted octanol–water partition coefficient (Wildman–Crippen LogP) is 3.98. The molecule has 0 aliphatic rings. The Morgan fingerprint density at radius 3 is 2.52 bits per heavy atom. The Hall–Kier alpha value is -3.74. The molecule has 0 atom stereocenters. The smallest absolute Gasteiger partial charge is 0.337 e. The number of esters is 1. The largest absolute Gasteiger partial charge is 0.465 e. The van der Waals surface area contributed by atoms with Gasteiger partial charge >= 0.3 is 5.97 Å². The lowest BCUT2D eigenvalue weighted by molar-refractivity contribution is 0.0600. The molecule has 0 aliphatic carbocycles. The molecule has 0 aliphatic heterocycles. The van der Waals surface area contributed by atoms with Crippen LogP contribution < -0.4 is 10.2 Å². The molecule has 1 heterocycles. The van der Waals surface area contributed by atoms with Crippen LogP contribution in [0.3, 0.4) is 0 Å². The van der Waals surface area contributed by atoms with E-state index in [-0.39, 0.29) is 11.6 Å². The molecular weight excluding hydrogens is 368 g/mol. The van der Waals surface area contributed by atoms with Crippen molar-refractivity contribution in [2.24, 2.45) is 0 Å². The third kappa shape index (κ3) is 4.76. The lowest BCUT2D eigenvalue weighted by Gasteiger charge is -2.21. The van der Waals surface area contributed by atoms with Crippen molar-refractivity contribution in [1.82, 2.24) is 9.97 Å². The Bertz CT molecular complexity index is 1020. The SMILES string of the molecule is CCN(C(=O)c1cnc(Nc2cccc(C(=O)OC)c2)cn1)c1cccc(C)c1. The van der Waals surface area contributed by atoms with Gasteiger partial charge in [0.25, 0.3) is 5.91 Å². The number of carbonyl (C=O) groups is 2. The first-order valence-electron chi connectivity index (χ1n) is 9.17. The number of methoxy groups -OCH3 is 1. The third-order valence-electron chi connectivity index (χ3n) is 4.30. The number of nitrogens with zero attached hydrogens (tertiary/aromatic N) is 3. The van der Waals surface area contributed by atoms with Gasteiger partial charge in [-0.3, -0.25) is 4.79 Å². The summed E-state index contributed by atoms with van der Waals surface area (Å²) in [5, 5.41) is 3.07. The number of rotatable bonds is 6. The molecule has 0 saturated heterocycles. The number of benzene rings is 2. The minimum absolute atomic E-state index is 0.218. The van der Waals surface area contributed by atoms with Crippen molar-refractivity contribution in [2.45, 2.75) is 13.8 Å². The Balaban J connectivity index is 1.76. The van der Waals surface area contributed by atoms with E-state index in [0.29, 0.717) is 23.6 Å². The van der Waals surface area contributed by atoms with E-state index in [1.807, 2.05) is 38.1 Å². The lowest BCUT2D eigenvalue weighted by atomic mass is 10.2. The van der Waals surface area contributed by atoms with Crippen molar-refractivity contribution in [3.8, 4) is 0 Å². The molecule has 0 fully saturated rings. The molecule has 0 saturated carbocycles. The first kappa shape index (κ1) is 20.0. The van der Waals surface area contributed by atoms with Crippen LogP contribution in [-0.2, 0) is 4.74 Å². The summed E-state index contributed by atoms with van der Waals surface area (Å²) in [6.07, 6.45) is 2.93. The minimum Gasteiger partial charge on any atom is -0.465 e. The zero-order chi connectivity index (χ0) is 20.8. The molecule has 0 bridgehead atoms. The number of aryl methyl sites for hydroxylation is 1. The third-order valence-corrected chi connectivity index (χ3v) is 4.30. The summed E-state index contributed by atoms with van der Waals surface area (Å²) >= 11 is 0. The van der Waals surface area contributed by atoms with Gasteiger partial charge in [-0.2, -0.15) is 0 Å². The fraction of sp³-hybridized carbons (Fsp3) is 0.182. The Morgan fingerprint density at radius 1 is 1.07 bits per heavy atom. The van der Waals surface area contributed by atoms with E-state index < -0.39 is 5.97 Å². The number of ether oxygens (including phenoxy) is 1. The number of hydrogen-bond donors (Lipinski definition) is 1. The molecule has 0 spiro atoms. The molecular formula is C22H22N4O3. The van der Waals surface area contributed by atoms with Gasteiger partial charge in [-0.15, -0.1) is 0 Å². The van der Waals surface area contributed by atoms with Crippen LogP contribution in [0.1, 0.15) is 33.3 Å². The summed E-state index contributed by atoms with van der Waals surface area (Å²) in [6, 6.07) is 14.6. The highest BCUT2D eigenvalue weighted by Gasteiger charge is 2.18. The molecule has 148 valence electrons. The van der Waals surface area contributed by atoms with E-state index in [2.05, 4.69) is 15.3 Å². The molecule has 2 aromatic carbocycles. The van der Waals surface area contributed by atoms with Crippen molar-refractivity contribution in [2.75, 3.05) is 23.9 Å². The summed E-state index contributed by atoms with van der Waals surface area (Å²) in [7, 11) is 1.33. The zero-order valence-corrected chi connectivity index (χ0v) is 16.5. The van der Waals surface area contributed by atoms with Crippen molar-refractivity contribution < 1.29 is 14.3 Å². The van der Waals surface area contributed by atoms with E-state index in [9.17, 15) is 9.59 Å². The second-order valence-electron chi connectivity index (χ2n) is 6.37. The Labute approximate surface area is 169 Å². The van der Waals surface area contributed by atoms with Crippen LogP contribution >= 0.6 is 0 Å². The van der Waals surface area contributed by atoms with Gasteiger partial charge in [-0.25, -0.2) is 14.8 Å². The minimum atomic E-state index is -0.420. The van der Waals surface area contributed by atoms with Crippen molar-refractivity contribution in [3.63, 3.8) is 0 Å². The quantitative estimate of drug-likeness (QED) is 0.641. The number of anilines is 3. The first-order chi connectivity index (χ1) is 14.0. The highest BCUT2D eigenvalue weighted by molar-refractivity contribution is 6.04. The zero-order valence-electron chi connectivity index (χ0n) is 16.5. The van der Waals surface area contributed by atoms with Crippen LogP contribution in [0.5, 0.6) is 0 Å². The maximum atomic E-state index is 12.9. The number of aromatic nitrogens is 2. The van der Waals surface area contributed by atoms with Gasteiger partial charge in [0.05, 0.1) is 25.1 Å². The summed E-state index contributed by atoms with van der Waals surface area (Å²) in [4.78, 5) is 34.7. The average Bonchev–Trinajstić information content (AvgIpc) is 2.74. The fourth-order valence-corrected chi connectivity index (χ4v) is 2.87. The molecule has 3 rings (SSSR count). The topological polar surface area (TPSA) is 84.4 Å². The monoisotopic (exact) mass is 390 g/mol. The molecule has 1 N–H and O–H groups in total. The second kappa shape index (κ2) is 8.97. The highest BCUT2D eigenvalue weighted by Crippen LogP contribution is 2.19. The van der Waals surface area contributed by atoms with Crippen LogP contribution in [0.4, 0.5) is 17.2 Å². The van der Waals surface area contributed by atoms with Crippen LogP contribution in [0.15, 0.2) is 60.9 Å². The number of hydrogen-bond acceptors (Lipinski definition) is 6. The van der Waals surface area contributed by atoms with Crippen LogP contribution in [0.25, 0.3) is 0 Å². The van der Waals surface area contributed by atoms with E-state index in [4.69, 9.17) is 4.74 Å². The fourth-order valence-electron chi connectivity index (χ4n) is 2.87. The molecule has 3 aromatic rings. The van der Waals surface area contributed by atoms with E-state index in [1.54, 1.807) is 29.2 Å². The molecule has 7 heteroatoms. The molecule has 0 radical (unpaired) electrons. The number of carbonyl (C=O) groups excluding carboxylic acids is 2. The molecule has 7 nitrogen and oxygen atoms in total. The maximum Gasteiger partial charge on any atom is 0.337 e. The van der Waals surface area contributed by atoms with Gasteiger partial charge in [0, 0.05) is 17.9 Å². The summed E-state index contributed by atoms with van der Waals surface area (Å²) in [6.45, 7) is 4.42. The maximum absolute atomic E-state index is 12.9.